The van der Waals surface area contributed by atoms with Gasteiger partial charge < -0.3 is 4.90 Å². The molecule has 0 heterocycles. The van der Waals surface area contributed by atoms with Crippen molar-refractivity contribution in [2.75, 3.05) is 4.90 Å². The quantitative estimate of drug-likeness (QED) is 0.186. The van der Waals surface area contributed by atoms with Crippen LogP contribution in [0.1, 0.15) is 25.0 Å². The van der Waals surface area contributed by atoms with Gasteiger partial charge in [-0.05, 0) is 104 Å². The van der Waals surface area contributed by atoms with Crippen molar-refractivity contribution in [1.82, 2.24) is 0 Å². The van der Waals surface area contributed by atoms with Gasteiger partial charge in [0.05, 0.1) is 0 Å². The van der Waals surface area contributed by atoms with Crippen LogP contribution in [0.5, 0.6) is 0 Å². The Morgan fingerprint density at radius 2 is 0.783 bits per heavy atom. The highest BCUT2D eigenvalue weighted by Gasteiger charge is 2.37. The second-order valence-electron chi connectivity index (χ2n) is 12.6. The van der Waals surface area contributed by atoms with Crippen LogP contribution < -0.4 is 4.90 Å². The molecule has 0 N–H and O–H groups in total. The molecule has 0 saturated carbocycles. The molecule has 1 heteroatoms. The monoisotopic (exact) mass is 589 g/mol. The Hall–Kier alpha value is -5.66. The van der Waals surface area contributed by atoms with Gasteiger partial charge in [-0.15, -0.1) is 0 Å². The number of benzene rings is 7. The van der Waals surface area contributed by atoms with Crippen molar-refractivity contribution in [2.45, 2.75) is 19.3 Å². The zero-order chi connectivity index (χ0) is 31.1. The molecule has 1 aliphatic rings. The first-order valence-corrected chi connectivity index (χ1v) is 16.0. The topological polar surface area (TPSA) is 3.24 Å². The molecule has 0 spiro atoms. The summed E-state index contributed by atoms with van der Waals surface area (Å²) in [6, 6.07) is 63.6. The van der Waals surface area contributed by atoms with E-state index in [-0.39, 0.29) is 5.41 Å². The average Bonchev–Trinajstić information content (AvgIpc) is 3.36. The molecule has 0 bridgehead atoms. The van der Waals surface area contributed by atoms with Gasteiger partial charge in [-0.2, -0.15) is 0 Å². The number of rotatable bonds is 6. The number of hydrogen-bond acceptors (Lipinski definition) is 1. The molecule has 0 unspecified atom stereocenters. The van der Waals surface area contributed by atoms with E-state index in [2.05, 4.69) is 195 Å². The lowest BCUT2D eigenvalue weighted by molar-refractivity contribution is 0.662. The fourth-order valence-corrected chi connectivity index (χ4v) is 7.20. The van der Waals surface area contributed by atoms with Gasteiger partial charge in [-0.25, -0.2) is 0 Å². The van der Waals surface area contributed by atoms with Gasteiger partial charge in [0.2, 0.25) is 0 Å². The summed E-state index contributed by atoms with van der Waals surface area (Å²) in [6.45, 7) is 4.73. The Balaban J connectivity index is 1.22. The maximum Gasteiger partial charge on any atom is 0.0462 e. The zero-order valence-corrected chi connectivity index (χ0v) is 26.2. The van der Waals surface area contributed by atoms with Crippen molar-refractivity contribution in [2.24, 2.45) is 0 Å². The van der Waals surface area contributed by atoms with E-state index in [1.807, 2.05) is 0 Å². The SMILES string of the molecule is CC1(C)c2ccccc2-c2cc(-c3ccc(N(c4ccccc4)c4ccc(-c5ccccc5)cc4)cc3)cc(-c3ccccc3)c21. The average molecular weight is 590 g/mol. The van der Waals surface area contributed by atoms with Crippen LogP contribution >= 0.6 is 0 Å². The number of fused-ring (bicyclic) bond motifs is 3. The van der Waals surface area contributed by atoms with E-state index in [9.17, 15) is 0 Å². The van der Waals surface area contributed by atoms with E-state index < -0.39 is 0 Å². The Morgan fingerprint density at radius 1 is 0.348 bits per heavy atom. The van der Waals surface area contributed by atoms with Crippen LogP contribution in [0.15, 0.2) is 176 Å². The Labute approximate surface area is 272 Å². The predicted molar refractivity (Wildman–Crippen MR) is 195 cm³/mol. The lowest BCUT2D eigenvalue weighted by Crippen LogP contribution is -2.16. The molecule has 7 aromatic rings. The lowest BCUT2D eigenvalue weighted by atomic mass is 9.78. The summed E-state index contributed by atoms with van der Waals surface area (Å²) in [5, 5.41) is 0. The van der Waals surface area contributed by atoms with Crippen LogP contribution in [0, 0.1) is 0 Å². The molecule has 46 heavy (non-hydrogen) atoms. The van der Waals surface area contributed by atoms with Gasteiger partial charge >= 0.3 is 0 Å². The molecule has 0 fully saturated rings. The number of anilines is 3. The molecule has 0 amide bonds. The Morgan fingerprint density at radius 3 is 1.39 bits per heavy atom. The zero-order valence-electron chi connectivity index (χ0n) is 26.2. The van der Waals surface area contributed by atoms with Crippen LogP contribution in [0.3, 0.4) is 0 Å². The van der Waals surface area contributed by atoms with Crippen LogP contribution in [0.2, 0.25) is 0 Å². The second kappa shape index (κ2) is 11.4. The van der Waals surface area contributed by atoms with Crippen molar-refractivity contribution in [3.05, 3.63) is 187 Å². The van der Waals surface area contributed by atoms with Crippen molar-refractivity contribution in [3.8, 4) is 44.5 Å². The summed E-state index contributed by atoms with van der Waals surface area (Å²) in [6.07, 6.45) is 0. The van der Waals surface area contributed by atoms with Crippen molar-refractivity contribution in [3.63, 3.8) is 0 Å². The third kappa shape index (κ3) is 4.82. The van der Waals surface area contributed by atoms with Crippen LogP contribution in [-0.2, 0) is 5.41 Å². The van der Waals surface area contributed by atoms with Gasteiger partial charge in [-0.3, -0.25) is 0 Å². The van der Waals surface area contributed by atoms with Gasteiger partial charge in [0, 0.05) is 22.5 Å². The van der Waals surface area contributed by atoms with Crippen LogP contribution in [0.25, 0.3) is 44.5 Å². The normalized spacial score (nSPS) is 12.7. The molecular formula is C45H35N. The first-order chi connectivity index (χ1) is 22.6. The summed E-state index contributed by atoms with van der Waals surface area (Å²) in [7, 11) is 0. The van der Waals surface area contributed by atoms with Gasteiger partial charge in [0.15, 0.2) is 0 Å². The standard InChI is InChI=1S/C45H35N/c1-45(2)43-21-13-12-20-40(43)42-31-36(30-41(44(42)45)35-16-8-4-9-17-35)34-24-28-39(29-25-34)46(37-18-10-5-11-19-37)38-26-22-33(23-27-38)32-14-6-3-7-15-32/h3-31H,1-2H3. The highest BCUT2D eigenvalue weighted by Crippen LogP contribution is 2.53. The van der Waals surface area contributed by atoms with Crippen molar-refractivity contribution >= 4 is 17.1 Å². The first-order valence-electron chi connectivity index (χ1n) is 16.0. The van der Waals surface area contributed by atoms with Crippen LogP contribution in [0.4, 0.5) is 17.1 Å². The van der Waals surface area contributed by atoms with E-state index in [1.54, 1.807) is 0 Å². The minimum Gasteiger partial charge on any atom is -0.311 e. The third-order valence-electron chi connectivity index (χ3n) is 9.44. The Kier molecular flexibility index (Phi) is 6.88. The molecule has 0 aliphatic heterocycles. The summed E-state index contributed by atoms with van der Waals surface area (Å²) >= 11 is 0. The maximum atomic E-state index is 2.40. The molecule has 7 aromatic carbocycles. The number of nitrogens with zero attached hydrogens (tertiary/aromatic N) is 1. The third-order valence-corrected chi connectivity index (χ3v) is 9.44. The molecule has 1 nitrogen and oxygen atoms in total. The van der Waals surface area contributed by atoms with E-state index in [0.717, 1.165) is 17.1 Å². The number of para-hydroxylation sites is 1. The van der Waals surface area contributed by atoms with Gasteiger partial charge in [-0.1, -0.05) is 141 Å². The van der Waals surface area contributed by atoms with E-state index in [4.69, 9.17) is 0 Å². The Bertz CT molecular complexity index is 2130. The minimum absolute atomic E-state index is 0.0776. The highest BCUT2D eigenvalue weighted by atomic mass is 15.1. The smallest absolute Gasteiger partial charge is 0.0462 e. The lowest BCUT2D eigenvalue weighted by Gasteiger charge is -2.26. The van der Waals surface area contributed by atoms with Crippen molar-refractivity contribution < 1.29 is 0 Å². The molecule has 0 atom stereocenters. The minimum atomic E-state index is -0.0776. The molecule has 8 rings (SSSR count). The largest absolute Gasteiger partial charge is 0.311 e. The second-order valence-corrected chi connectivity index (χ2v) is 12.6. The summed E-state index contributed by atoms with van der Waals surface area (Å²) in [5.41, 5.74) is 16.2. The molecule has 1 aliphatic carbocycles. The van der Waals surface area contributed by atoms with E-state index in [1.165, 1.54) is 55.6 Å². The fraction of sp³-hybridized carbons (Fsp3) is 0.0667. The van der Waals surface area contributed by atoms with Crippen molar-refractivity contribution in [1.29, 1.82) is 0 Å². The predicted octanol–water partition coefficient (Wildman–Crippen LogP) is 12.5. The highest BCUT2D eigenvalue weighted by molar-refractivity contribution is 5.92. The summed E-state index contributed by atoms with van der Waals surface area (Å²) in [5.74, 6) is 0. The molecule has 0 aromatic heterocycles. The maximum absolute atomic E-state index is 2.40. The molecular weight excluding hydrogens is 555 g/mol. The molecule has 220 valence electrons. The summed E-state index contributed by atoms with van der Waals surface area (Å²) < 4.78 is 0. The van der Waals surface area contributed by atoms with Gasteiger partial charge in [0.25, 0.3) is 0 Å². The van der Waals surface area contributed by atoms with Crippen LogP contribution in [-0.4, -0.2) is 0 Å². The van der Waals surface area contributed by atoms with E-state index >= 15 is 0 Å². The first kappa shape index (κ1) is 27.9. The fourth-order valence-electron chi connectivity index (χ4n) is 7.20. The molecule has 0 saturated heterocycles. The summed E-state index contributed by atoms with van der Waals surface area (Å²) in [4.78, 5) is 2.33. The molecule has 0 radical (unpaired) electrons. The van der Waals surface area contributed by atoms with Gasteiger partial charge in [0.1, 0.15) is 0 Å². The number of hydrogen-bond donors (Lipinski definition) is 0. The van der Waals surface area contributed by atoms with E-state index in [0.29, 0.717) is 0 Å².